The molecule has 0 heterocycles. The van der Waals surface area contributed by atoms with Gasteiger partial charge < -0.3 is 4.43 Å². The van der Waals surface area contributed by atoms with Gasteiger partial charge in [-0.3, -0.25) is 4.79 Å². The van der Waals surface area contributed by atoms with Gasteiger partial charge in [0.1, 0.15) is 5.78 Å². The molecule has 1 atom stereocenters. The van der Waals surface area contributed by atoms with Crippen LogP contribution in [0.3, 0.4) is 0 Å². The maximum atomic E-state index is 11.9. The Morgan fingerprint density at radius 2 is 1.35 bits per heavy atom. The van der Waals surface area contributed by atoms with E-state index in [9.17, 15) is 4.79 Å². The Morgan fingerprint density at radius 3 is 1.65 bits per heavy atom. The quantitative estimate of drug-likeness (QED) is 0.669. The summed E-state index contributed by atoms with van der Waals surface area (Å²) in [5.41, 5.74) is 0. The number of rotatable bonds is 7. The van der Waals surface area contributed by atoms with Gasteiger partial charge in [0.15, 0.2) is 0 Å². The number of hydrogen-bond acceptors (Lipinski definition) is 2. The lowest BCUT2D eigenvalue weighted by molar-refractivity contribution is -0.119. The van der Waals surface area contributed by atoms with Crippen LogP contribution in [-0.2, 0) is 9.22 Å². The highest BCUT2D eigenvalue weighted by Crippen LogP contribution is 2.38. The number of carbonyl (C=O) groups is 1. The second-order valence-corrected chi connectivity index (χ2v) is 12.7. The largest absolute Gasteiger partial charge is 0.404 e. The zero-order valence-corrected chi connectivity index (χ0v) is 18.0. The van der Waals surface area contributed by atoms with Crippen LogP contribution < -0.4 is 10.4 Å². The second kappa shape index (κ2) is 8.32. The molecule has 3 heteroatoms. The van der Waals surface area contributed by atoms with E-state index in [-0.39, 0.29) is 22.8 Å². The van der Waals surface area contributed by atoms with Gasteiger partial charge in [-0.2, -0.15) is 0 Å². The van der Waals surface area contributed by atoms with Gasteiger partial charge in [0.25, 0.3) is 8.32 Å². The molecule has 0 N–H and O–H groups in total. The first-order chi connectivity index (χ1) is 12.2. The van der Waals surface area contributed by atoms with Crippen molar-refractivity contribution in [1.29, 1.82) is 0 Å². The number of carbonyl (C=O) groups excluding carboxylic acids is 1. The molecule has 140 valence electrons. The van der Waals surface area contributed by atoms with Crippen molar-refractivity contribution in [3.63, 3.8) is 0 Å². The Balaban J connectivity index is 2.69. The normalized spacial score (nSPS) is 13.7. The molecule has 2 nitrogen and oxygen atoms in total. The zero-order valence-electron chi connectivity index (χ0n) is 17.0. The molecular formula is C23H32O2Si. The standard InChI is InChI=1S/C23H32O2Si/c1-18(2)22(17-19(3)24)25-26(23(4,5)6,20-13-9-7-10-14-20)21-15-11-8-12-16-21/h7-16,18,22H,17H2,1-6H3/t22-/m0/s1. The van der Waals surface area contributed by atoms with Crippen molar-refractivity contribution in [1.82, 2.24) is 0 Å². The van der Waals surface area contributed by atoms with E-state index in [0.29, 0.717) is 6.42 Å². The molecule has 0 aromatic heterocycles. The molecule has 0 spiro atoms. The van der Waals surface area contributed by atoms with Gasteiger partial charge in [-0.05, 0) is 28.3 Å². The summed E-state index contributed by atoms with van der Waals surface area (Å²) in [5.74, 6) is 0.460. The Hall–Kier alpha value is -1.71. The topological polar surface area (TPSA) is 26.3 Å². The summed E-state index contributed by atoms with van der Waals surface area (Å²) in [6.45, 7) is 12.8. The Bertz CT molecular complexity index is 662. The van der Waals surface area contributed by atoms with Gasteiger partial charge in [-0.15, -0.1) is 0 Å². The molecule has 26 heavy (non-hydrogen) atoms. The summed E-state index contributed by atoms with van der Waals surface area (Å²) in [5, 5.41) is 2.44. The average Bonchev–Trinajstić information content (AvgIpc) is 2.58. The highest BCUT2D eigenvalue weighted by atomic mass is 28.4. The molecule has 0 aliphatic rings. The predicted octanol–water partition coefficient (Wildman–Crippen LogP) is 4.57. The maximum absolute atomic E-state index is 11.9. The van der Waals surface area contributed by atoms with Crippen LogP contribution >= 0.6 is 0 Å². The van der Waals surface area contributed by atoms with Gasteiger partial charge in [-0.1, -0.05) is 95.3 Å². The van der Waals surface area contributed by atoms with Gasteiger partial charge in [0, 0.05) is 6.42 Å². The molecule has 0 radical (unpaired) electrons. The lowest BCUT2D eigenvalue weighted by Crippen LogP contribution is -2.68. The highest BCUT2D eigenvalue weighted by Gasteiger charge is 2.51. The molecule has 0 fully saturated rings. The van der Waals surface area contributed by atoms with Crippen molar-refractivity contribution in [2.45, 2.75) is 59.1 Å². The van der Waals surface area contributed by atoms with E-state index >= 15 is 0 Å². The van der Waals surface area contributed by atoms with Gasteiger partial charge in [-0.25, -0.2) is 0 Å². The summed E-state index contributed by atoms with van der Waals surface area (Å²) in [4.78, 5) is 11.9. The summed E-state index contributed by atoms with van der Waals surface area (Å²) in [6, 6.07) is 21.2. The molecule has 0 saturated heterocycles. The number of hydrogen-bond donors (Lipinski definition) is 0. The fourth-order valence-corrected chi connectivity index (χ4v) is 8.44. The first-order valence-corrected chi connectivity index (χ1v) is 11.4. The third-order valence-electron chi connectivity index (χ3n) is 4.98. The van der Waals surface area contributed by atoms with Crippen molar-refractivity contribution < 1.29 is 9.22 Å². The van der Waals surface area contributed by atoms with E-state index in [1.54, 1.807) is 6.92 Å². The molecule has 2 rings (SSSR count). The molecule has 0 amide bonds. The van der Waals surface area contributed by atoms with E-state index in [1.165, 1.54) is 10.4 Å². The van der Waals surface area contributed by atoms with Gasteiger partial charge in [0.2, 0.25) is 0 Å². The minimum Gasteiger partial charge on any atom is -0.404 e. The summed E-state index contributed by atoms with van der Waals surface area (Å²) < 4.78 is 7.07. The Labute approximate surface area is 159 Å². The van der Waals surface area contributed by atoms with Crippen molar-refractivity contribution in [3.8, 4) is 0 Å². The number of benzene rings is 2. The first kappa shape index (κ1) is 20.6. The summed E-state index contributed by atoms with van der Waals surface area (Å²) in [7, 11) is -2.59. The third kappa shape index (κ3) is 4.33. The van der Waals surface area contributed by atoms with Gasteiger partial charge >= 0.3 is 0 Å². The number of ketones is 1. The van der Waals surface area contributed by atoms with Crippen LogP contribution in [0.25, 0.3) is 0 Å². The van der Waals surface area contributed by atoms with E-state index in [4.69, 9.17) is 4.43 Å². The Kier molecular flexibility index (Phi) is 6.59. The average molecular weight is 369 g/mol. The van der Waals surface area contributed by atoms with Crippen LogP contribution in [0.5, 0.6) is 0 Å². The van der Waals surface area contributed by atoms with E-state index in [1.807, 2.05) is 12.1 Å². The predicted molar refractivity (Wildman–Crippen MR) is 113 cm³/mol. The minimum absolute atomic E-state index is 0.0698. The molecular weight excluding hydrogens is 336 g/mol. The highest BCUT2D eigenvalue weighted by molar-refractivity contribution is 6.99. The number of Topliss-reactive ketones (excluding diaryl/α,β-unsaturated/α-hetero) is 1. The van der Waals surface area contributed by atoms with Crippen LogP contribution in [0.2, 0.25) is 5.04 Å². The van der Waals surface area contributed by atoms with Crippen LogP contribution in [0.1, 0.15) is 48.0 Å². The van der Waals surface area contributed by atoms with E-state index in [0.717, 1.165) is 0 Å². The molecule has 0 aliphatic carbocycles. The fourth-order valence-electron chi connectivity index (χ4n) is 3.62. The second-order valence-electron chi connectivity index (χ2n) is 8.47. The van der Waals surface area contributed by atoms with Gasteiger partial charge in [0.05, 0.1) is 6.10 Å². The lowest BCUT2D eigenvalue weighted by atomic mass is 10.0. The van der Waals surface area contributed by atoms with Crippen molar-refractivity contribution in [3.05, 3.63) is 60.7 Å². The Morgan fingerprint density at radius 1 is 0.923 bits per heavy atom. The van der Waals surface area contributed by atoms with Crippen molar-refractivity contribution in [2.75, 3.05) is 0 Å². The van der Waals surface area contributed by atoms with E-state index < -0.39 is 8.32 Å². The SMILES string of the molecule is CC(=O)C[C@H](O[Si](c1ccccc1)(c1ccccc1)C(C)(C)C)C(C)C. The van der Waals surface area contributed by atoms with Crippen LogP contribution in [0.4, 0.5) is 0 Å². The van der Waals surface area contributed by atoms with E-state index in [2.05, 4.69) is 83.1 Å². The molecule has 2 aromatic rings. The minimum atomic E-state index is -2.59. The van der Waals surface area contributed by atoms with Crippen LogP contribution in [0, 0.1) is 5.92 Å². The van der Waals surface area contributed by atoms with Crippen LogP contribution in [-0.4, -0.2) is 20.2 Å². The fraction of sp³-hybridized carbons (Fsp3) is 0.435. The van der Waals surface area contributed by atoms with Crippen molar-refractivity contribution >= 4 is 24.5 Å². The molecule has 0 saturated carbocycles. The third-order valence-corrected chi connectivity index (χ3v) is 10.0. The molecule has 0 bridgehead atoms. The molecule has 2 aromatic carbocycles. The van der Waals surface area contributed by atoms with Crippen LogP contribution in [0.15, 0.2) is 60.7 Å². The maximum Gasteiger partial charge on any atom is 0.261 e. The molecule has 0 aliphatic heterocycles. The van der Waals surface area contributed by atoms with Crippen molar-refractivity contribution in [2.24, 2.45) is 5.92 Å². The monoisotopic (exact) mass is 368 g/mol. The first-order valence-electron chi connectivity index (χ1n) is 9.47. The summed E-state index contributed by atoms with van der Waals surface area (Å²) in [6.07, 6.45) is 0.376. The lowest BCUT2D eigenvalue weighted by Gasteiger charge is -2.46. The zero-order chi connectivity index (χ0) is 19.4. The summed E-state index contributed by atoms with van der Waals surface area (Å²) >= 11 is 0. The smallest absolute Gasteiger partial charge is 0.261 e. The molecule has 0 unspecified atom stereocenters.